The fraction of sp³-hybridized carbons (Fsp3) is 0.444. The maximum atomic E-state index is 11.2. The maximum absolute atomic E-state index is 11.2. The van der Waals surface area contributed by atoms with Crippen LogP contribution in [0.15, 0.2) is 12.1 Å². The quantitative estimate of drug-likeness (QED) is 0.493. The van der Waals surface area contributed by atoms with Gasteiger partial charge in [0, 0.05) is 30.9 Å². The Morgan fingerprint density at radius 2 is 1.65 bits per heavy atom. The van der Waals surface area contributed by atoms with Gasteiger partial charge in [0.1, 0.15) is 0 Å². The summed E-state index contributed by atoms with van der Waals surface area (Å²) in [4.78, 5) is 2.09. The highest BCUT2D eigenvalue weighted by molar-refractivity contribution is 5.85. The van der Waals surface area contributed by atoms with Gasteiger partial charge in [-0.2, -0.15) is 0 Å². The second-order valence-electron chi connectivity index (χ2n) is 3.46. The normalized spacial score (nSPS) is 14.7. The van der Waals surface area contributed by atoms with Gasteiger partial charge in [0.15, 0.2) is 0 Å². The Labute approximate surface area is 105 Å². The molecule has 1 saturated heterocycles. The summed E-state index contributed by atoms with van der Waals surface area (Å²) in [7, 11) is 0. The van der Waals surface area contributed by atoms with Gasteiger partial charge in [-0.05, 0) is 0 Å². The number of halogens is 1. The molecule has 1 aliphatic rings. The molecular formula is C9H17ClN4O3. The van der Waals surface area contributed by atoms with Gasteiger partial charge in [-0.25, -0.2) is 4.73 Å². The van der Waals surface area contributed by atoms with E-state index >= 15 is 0 Å². The number of hydrogen-bond acceptors (Lipinski definition) is 5. The van der Waals surface area contributed by atoms with Crippen molar-refractivity contribution in [3.8, 4) is 0 Å². The summed E-state index contributed by atoms with van der Waals surface area (Å²) in [6, 6.07) is 3.27. The molecule has 1 aromatic rings. The average molecular weight is 265 g/mol. The van der Waals surface area contributed by atoms with Crippen LogP contribution in [0.4, 0.5) is 17.3 Å². The first-order chi connectivity index (χ1) is 7.18. The number of nitrogens with zero attached hydrogens (tertiary/aromatic N) is 2. The van der Waals surface area contributed by atoms with Crippen molar-refractivity contribution in [2.24, 2.45) is 0 Å². The zero-order valence-corrected chi connectivity index (χ0v) is 10.1. The van der Waals surface area contributed by atoms with E-state index in [1.807, 2.05) is 0 Å². The summed E-state index contributed by atoms with van der Waals surface area (Å²) >= 11 is 0. The van der Waals surface area contributed by atoms with Crippen molar-refractivity contribution < 1.29 is 14.9 Å². The number of anilines is 3. The van der Waals surface area contributed by atoms with Gasteiger partial charge < -0.3 is 31.8 Å². The topological polar surface area (TPSA) is 123 Å². The van der Waals surface area contributed by atoms with Gasteiger partial charge in [0.2, 0.25) is 11.6 Å². The molecule has 17 heavy (non-hydrogen) atoms. The number of hydrogen-bond donors (Lipinski definition) is 2. The van der Waals surface area contributed by atoms with E-state index < -0.39 is 0 Å². The van der Waals surface area contributed by atoms with Crippen molar-refractivity contribution in [1.82, 2.24) is 0 Å². The molecule has 7 nitrogen and oxygen atoms in total. The van der Waals surface area contributed by atoms with E-state index in [0.717, 1.165) is 18.8 Å². The molecule has 2 heterocycles. The summed E-state index contributed by atoms with van der Waals surface area (Å²) in [6.07, 6.45) is 0. The average Bonchev–Trinajstić information content (AvgIpc) is 2.26. The molecule has 0 saturated carbocycles. The minimum Gasteiger partial charge on any atom is -0.740 e. The predicted molar refractivity (Wildman–Crippen MR) is 68.1 cm³/mol. The van der Waals surface area contributed by atoms with E-state index in [1.165, 1.54) is 0 Å². The van der Waals surface area contributed by atoms with Crippen molar-refractivity contribution in [2.45, 2.75) is 0 Å². The lowest BCUT2D eigenvalue weighted by molar-refractivity contribution is -0.574. The van der Waals surface area contributed by atoms with Crippen molar-refractivity contribution in [3.63, 3.8) is 0 Å². The largest absolute Gasteiger partial charge is 0.740 e. The molecule has 1 fully saturated rings. The second kappa shape index (κ2) is 6.33. The Bertz CT molecular complexity index is 348. The molecule has 0 aliphatic carbocycles. The summed E-state index contributed by atoms with van der Waals surface area (Å²) in [5.41, 5.74) is 12.0. The van der Waals surface area contributed by atoms with E-state index in [2.05, 4.69) is 4.90 Å². The van der Waals surface area contributed by atoms with E-state index in [9.17, 15) is 5.21 Å². The standard InChI is InChI=1S/C9H14N4O2.ClH.H2O/c10-8-5-7(6-9(11)13(8)14)12-1-3-15-4-2-12;;/h5-6H,1-4,10-11H2;1H;1H2. The van der Waals surface area contributed by atoms with Crippen LogP contribution in [0.1, 0.15) is 0 Å². The highest BCUT2D eigenvalue weighted by Crippen LogP contribution is 2.18. The van der Waals surface area contributed by atoms with E-state index in [1.54, 1.807) is 12.1 Å². The monoisotopic (exact) mass is 264 g/mol. The summed E-state index contributed by atoms with van der Waals surface area (Å²) in [6.45, 7) is 2.96. The molecule has 0 unspecified atom stereocenters. The van der Waals surface area contributed by atoms with Crippen LogP contribution >= 0.6 is 12.4 Å². The number of aromatic nitrogens is 1. The molecule has 2 rings (SSSR count). The predicted octanol–water partition coefficient (Wildman–Crippen LogP) is -1.08. The van der Waals surface area contributed by atoms with Gasteiger partial charge in [-0.1, -0.05) is 0 Å². The molecule has 0 radical (unpaired) electrons. The van der Waals surface area contributed by atoms with Crippen LogP contribution in [0, 0.1) is 5.21 Å². The molecule has 1 aliphatic heterocycles. The highest BCUT2D eigenvalue weighted by atomic mass is 35.5. The van der Waals surface area contributed by atoms with Crippen LogP contribution in [-0.2, 0) is 4.74 Å². The summed E-state index contributed by atoms with van der Waals surface area (Å²) in [5.74, 6) is 0.244. The lowest BCUT2D eigenvalue weighted by atomic mass is 10.3. The SMILES string of the molecule is Cl.Nc1cc(N2CCOCC2)cc(N)[n+]1[O-].O. The number of ether oxygens (including phenoxy) is 1. The van der Waals surface area contributed by atoms with Gasteiger partial charge in [0.05, 0.1) is 13.2 Å². The molecule has 1 aromatic heterocycles. The Kier molecular flexibility index (Phi) is 5.80. The minimum absolute atomic E-state index is 0. The van der Waals surface area contributed by atoms with Gasteiger partial charge in [0.25, 0.3) is 0 Å². The van der Waals surface area contributed by atoms with E-state index in [-0.39, 0.29) is 29.5 Å². The molecule has 0 atom stereocenters. The molecule has 0 aromatic carbocycles. The van der Waals surface area contributed by atoms with Crippen LogP contribution in [0.5, 0.6) is 0 Å². The first-order valence-electron chi connectivity index (χ1n) is 4.80. The van der Waals surface area contributed by atoms with Crippen LogP contribution in [0.2, 0.25) is 0 Å². The number of rotatable bonds is 1. The Morgan fingerprint density at radius 1 is 1.18 bits per heavy atom. The van der Waals surface area contributed by atoms with Crippen molar-refractivity contribution >= 4 is 29.7 Å². The van der Waals surface area contributed by atoms with E-state index in [4.69, 9.17) is 16.2 Å². The van der Waals surface area contributed by atoms with Crippen molar-refractivity contribution in [1.29, 1.82) is 0 Å². The fourth-order valence-corrected chi connectivity index (χ4v) is 1.62. The zero-order chi connectivity index (χ0) is 10.8. The molecule has 0 amide bonds. The molecule has 0 spiro atoms. The Hall–Kier alpha value is -1.44. The third-order valence-corrected chi connectivity index (χ3v) is 2.44. The first kappa shape index (κ1) is 15.6. The van der Waals surface area contributed by atoms with Crippen molar-refractivity contribution in [2.75, 3.05) is 42.7 Å². The lowest BCUT2D eigenvalue weighted by Gasteiger charge is -2.29. The molecule has 8 heteroatoms. The van der Waals surface area contributed by atoms with Crippen LogP contribution < -0.4 is 21.1 Å². The second-order valence-corrected chi connectivity index (χ2v) is 3.46. The number of morpholine rings is 1. The zero-order valence-electron chi connectivity index (χ0n) is 9.26. The molecule has 98 valence electrons. The highest BCUT2D eigenvalue weighted by Gasteiger charge is 2.14. The lowest BCUT2D eigenvalue weighted by Crippen LogP contribution is -2.39. The third kappa shape index (κ3) is 3.26. The van der Waals surface area contributed by atoms with Gasteiger partial charge in [-0.15, -0.1) is 12.4 Å². The molecule has 0 bridgehead atoms. The van der Waals surface area contributed by atoms with Crippen molar-refractivity contribution in [3.05, 3.63) is 17.3 Å². The maximum Gasteiger partial charge on any atom is 0.221 e. The van der Waals surface area contributed by atoms with Crippen LogP contribution in [-0.4, -0.2) is 31.8 Å². The smallest absolute Gasteiger partial charge is 0.221 e. The number of pyridine rings is 1. The van der Waals surface area contributed by atoms with Gasteiger partial charge in [-0.3, -0.25) is 0 Å². The Balaban J connectivity index is 0.00000128. The van der Waals surface area contributed by atoms with Gasteiger partial charge >= 0.3 is 0 Å². The summed E-state index contributed by atoms with van der Waals surface area (Å²) < 4.78 is 5.75. The minimum atomic E-state index is 0. The van der Waals surface area contributed by atoms with E-state index in [0.29, 0.717) is 17.9 Å². The number of nitrogens with two attached hydrogens (primary N) is 2. The first-order valence-corrected chi connectivity index (χ1v) is 4.80. The van der Waals surface area contributed by atoms with Crippen LogP contribution in [0.3, 0.4) is 0 Å². The number of nitrogen functional groups attached to an aromatic ring is 2. The van der Waals surface area contributed by atoms with Crippen LogP contribution in [0.25, 0.3) is 0 Å². The Morgan fingerprint density at radius 3 is 2.12 bits per heavy atom. The summed E-state index contributed by atoms with van der Waals surface area (Å²) in [5, 5.41) is 11.2. The fourth-order valence-electron chi connectivity index (χ4n) is 1.62. The third-order valence-electron chi connectivity index (χ3n) is 2.44. The molecular weight excluding hydrogens is 248 g/mol. The molecule has 6 N–H and O–H groups in total.